The van der Waals surface area contributed by atoms with Crippen LogP contribution >= 0.6 is 11.3 Å². The van der Waals surface area contributed by atoms with Crippen molar-refractivity contribution in [2.45, 2.75) is 79.7 Å². The number of fused-ring (bicyclic) bond motifs is 1. The lowest BCUT2D eigenvalue weighted by Gasteiger charge is -2.33. The van der Waals surface area contributed by atoms with E-state index >= 15 is 4.39 Å². The Hall–Kier alpha value is -3.50. The number of nitriles is 1. The molecular formula is C35H43F2N3OS. The number of ether oxygens (including phenoxy) is 1. The molecule has 4 nitrogen and oxygen atoms in total. The molecule has 224 valence electrons. The molecular weight excluding hydrogens is 548 g/mol. The number of hydrogen-bond acceptors (Lipinski definition) is 5. The van der Waals surface area contributed by atoms with Crippen LogP contribution in [0.4, 0.5) is 8.78 Å². The van der Waals surface area contributed by atoms with Crippen molar-refractivity contribution in [3.8, 4) is 6.07 Å². The van der Waals surface area contributed by atoms with Gasteiger partial charge in [-0.2, -0.15) is 5.26 Å². The lowest BCUT2D eigenvalue weighted by Crippen LogP contribution is -2.32. The Kier molecular flexibility index (Phi) is 11.5. The van der Waals surface area contributed by atoms with Crippen LogP contribution < -0.4 is 0 Å². The number of nitrogens with zero attached hydrogens (tertiary/aromatic N) is 3. The van der Waals surface area contributed by atoms with Crippen molar-refractivity contribution < 1.29 is 13.5 Å². The number of allylic oxidation sites excluding steroid dienone is 8. The van der Waals surface area contributed by atoms with Crippen LogP contribution in [-0.4, -0.2) is 30.8 Å². The average molecular weight is 592 g/mol. The number of benzene rings is 1. The van der Waals surface area contributed by atoms with Crippen molar-refractivity contribution >= 4 is 32.7 Å². The average Bonchev–Trinajstić information content (AvgIpc) is 3.34. The highest BCUT2D eigenvalue weighted by Crippen LogP contribution is 2.44. The van der Waals surface area contributed by atoms with Crippen LogP contribution in [-0.2, 0) is 4.74 Å². The number of hydrogen-bond donors (Lipinski definition) is 0. The molecule has 0 aliphatic heterocycles. The number of thiophene rings is 1. The van der Waals surface area contributed by atoms with Crippen molar-refractivity contribution in [3.63, 3.8) is 0 Å². The predicted molar refractivity (Wildman–Crippen MR) is 174 cm³/mol. The first-order valence-electron chi connectivity index (χ1n) is 14.7. The van der Waals surface area contributed by atoms with Gasteiger partial charge < -0.3 is 9.64 Å². The van der Waals surface area contributed by atoms with Crippen LogP contribution in [0.5, 0.6) is 0 Å². The maximum Gasteiger partial charge on any atom is 0.209 e. The summed E-state index contributed by atoms with van der Waals surface area (Å²) in [6.45, 7) is 16.4. The third-order valence-corrected chi connectivity index (χ3v) is 9.39. The standard InChI is InChI=1S/C35H43F2N3OS/c1-10-14-30(41-9)39-34-27(22(6)40(8)25(13-4)16-15-21(5)11-2)19-24(12-3)31(33(34)37)26-17-18-29(36)35-32(26)28(20-38)23(7)42-35/h12,14,17-19,21,25H,3,10-11,13,15-16H2,1-2,4-9H3/b27-22+,30-14-,39-34+. The Labute approximate surface area is 254 Å². The molecule has 2 aromatic rings. The van der Waals surface area contributed by atoms with Crippen LogP contribution in [0.25, 0.3) is 15.7 Å². The second-order valence-electron chi connectivity index (χ2n) is 10.8. The van der Waals surface area contributed by atoms with Crippen LogP contribution in [0.2, 0.25) is 0 Å². The SMILES string of the molecule is C=CC1=CC(=C(/C)N(C)C(CC)CCC(C)CC)/C(=N\C(=C\CC)OC)C(F)=C1c1ccc(F)c2sc(C)c(C#N)c12. The Morgan fingerprint density at radius 2 is 1.93 bits per heavy atom. The molecule has 0 fully saturated rings. The summed E-state index contributed by atoms with van der Waals surface area (Å²) in [5.41, 5.74) is 3.22. The fourth-order valence-electron chi connectivity index (χ4n) is 5.38. The summed E-state index contributed by atoms with van der Waals surface area (Å²) in [5, 5.41) is 10.4. The van der Waals surface area contributed by atoms with Gasteiger partial charge in [0.05, 0.1) is 17.4 Å². The molecule has 42 heavy (non-hydrogen) atoms. The van der Waals surface area contributed by atoms with Crippen LogP contribution in [0.1, 0.15) is 82.7 Å². The minimum absolute atomic E-state index is 0.140. The highest BCUT2D eigenvalue weighted by Gasteiger charge is 2.31. The first-order valence-corrected chi connectivity index (χ1v) is 15.5. The highest BCUT2D eigenvalue weighted by molar-refractivity contribution is 7.19. The second-order valence-corrected chi connectivity index (χ2v) is 12.0. The summed E-state index contributed by atoms with van der Waals surface area (Å²) in [7, 11) is 3.57. The molecule has 0 bridgehead atoms. The molecule has 1 aromatic heterocycles. The molecule has 2 atom stereocenters. The van der Waals surface area contributed by atoms with Gasteiger partial charge in [-0.15, -0.1) is 11.3 Å². The molecule has 0 saturated heterocycles. The summed E-state index contributed by atoms with van der Waals surface area (Å²) >= 11 is 1.20. The molecule has 1 aromatic carbocycles. The van der Waals surface area contributed by atoms with Gasteiger partial charge in [-0.05, 0) is 74.8 Å². The van der Waals surface area contributed by atoms with E-state index in [0.29, 0.717) is 55.5 Å². The van der Waals surface area contributed by atoms with E-state index in [2.05, 4.69) is 45.4 Å². The number of methoxy groups -OCH3 is 1. The van der Waals surface area contributed by atoms with Gasteiger partial charge in [-0.3, -0.25) is 0 Å². The fraction of sp³-hybridized carbons (Fsp3) is 0.429. The third kappa shape index (κ3) is 6.60. The molecule has 1 aliphatic carbocycles. The van der Waals surface area contributed by atoms with Crippen molar-refractivity contribution in [2.75, 3.05) is 14.2 Å². The highest BCUT2D eigenvalue weighted by atomic mass is 32.1. The van der Waals surface area contributed by atoms with E-state index in [1.165, 1.54) is 24.5 Å². The number of aliphatic imine (C=N–C) groups is 1. The number of aryl methyl sites for hydroxylation is 1. The predicted octanol–water partition coefficient (Wildman–Crippen LogP) is 10.2. The zero-order valence-electron chi connectivity index (χ0n) is 26.2. The van der Waals surface area contributed by atoms with Gasteiger partial charge in [-0.25, -0.2) is 13.8 Å². The second kappa shape index (κ2) is 14.6. The van der Waals surface area contributed by atoms with Gasteiger partial charge >= 0.3 is 0 Å². The zero-order chi connectivity index (χ0) is 31.1. The van der Waals surface area contributed by atoms with E-state index in [1.807, 2.05) is 19.9 Å². The zero-order valence-corrected chi connectivity index (χ0v) is 27.0. The Balaban J connectivity index is 2.34. The summed E-state index contributed by atoms with van der Waals surface area (Å²) in [6.07, 6.45) is 10.2. The van der Waals surface area contributed by atoms with E-state index in [4.69, 9.17) is 9.73 Å². The van der Waals surface area contributed by atoms with E-state index in [0.717, 1.165) is 31.4 Å². The quantitative estimate of drug-likeness (QED) is 0.231. The van der Waals surface area contributed by atoms with Crippen molar-refractivity contribution in [1.82, 2.24) is 4.90 Å². The van der Waals surface area contributed by atoms with Gasteiger partial charge in [0.2, 0.25) is 5.88 Å². The Morgan fingerprint density at radius 1 is 1.21 bits per heavy atom. The van der Waals surface area contributed by atoms with E-state index in [-0.39, 0.29) is 17.3 Å². The maximum atomic E-state index is 17.1. The molecule has 0 saturated carbocycles. The molecule has 0 N–H and O–H groups in total. The van der Waals surface area contributed by atoms with Crippen molar-refractivity contribution in [2.24, 2.45) is 10.9 Å². The van der Waals surface area contributed by atoms with Crippen LogP contribution in [0.3, 0.4) is 0 Å². The molecule has 7 heteroatoms. The van der Waals surface area contributed by atoms with E-state index < -0.39 is 11.6 Å². The molecule has 1 aliphatic rings. The van der Waals surface area contributed by atoms with Gasteiger partial charge in [0, 0.05) is 40.2 Å². The van der Waals surface area contributed by atoms with Gasteiger partial charge in [-0.1, -0.05) is 52.8 Å². The lowest BCUT2D eigenvalue weighted by atomic mass is 9.84. The summed E-state index contributed by atoms with van der Waals surface area (Å²) in [6, 6.07) is 5.36. The first kappa shape index (κ1) is 33.0. The Bertz CT molecular complexity index is 1530. The monoisotopic (exact) mass is 591 g/mol. The van der Waals surface area contributed by atoms with Crippen molar-refractivity contribution in [3.05, 3.63) is 87.3 Å². The molecule has 0 amide bonds. The summed E-state index contributed by atoms with van der Waals surface area (Å²) in [5.74, 6) is -0.0608. The summed E-state index contributed by atoms with van der Waals surface area (Å²) < 4.78 is 37.8. The molecule has 0 spiro atoms. The first-order chi connectivity index (χ1) is 20.1. The van der Waals surface area contributed by atoms with Gasteiger partial charge in [0.25, 0.3) is 0 Å². The topological polar surface area (TPSA) is 48.6 Å². The van der Waals surface area contributed by atoms with E-state index in [9.17, 15) is 9.65 Å². The normalized spacial score (nSPS) is 17.7. The minimum Gasteiger partial charge on any atom is -0.481 e. The van der Waals surface area contributed by atoms with Crippen molar-refractivity contribution in [1.29, 1.82) is 5.26 Å². The van der Waals surface area contributed by atoms with Gasteiger partial charge in [0.1, 0.15) is 17.6 Å². The minimum atomic E-state index is -0.567. The van der Waals surface area contributed by atoms with Gasteiger partial charge in [0.15, 0.2) is 5.83 Å². The molecule has 1 heterocycles. The van der Waals surface area contributed by atoms with E-state index in [1.54, 1.807) is 25.1 Å². The number of rotatable bonds is 12. The smallest absolute Gasteiger partial charge is 0.209 e. The maximum absolute atomic E-state index is 17.1. The Morgan fingerprint density at radius 3 is 2.50 bits per heavy atom. The third-order valence-electron chi connectivity index (χ3n) is 8.28. The number of halogens is 2. The summed E-state index contributed by atoms with van der Waals surface area (Å²) in [4.78, 5) is 7.60. The fourth-order valence-corrected chi connectivity index (χ4v) is 6.42. The van der Waals surface area contributed by atoms with Crippen LogP contribution in [0.15, 0.2) is 70.5 Å². The van der Waals surface area contributed by atoms with Crippen LogP contribution in [0, 0.1) is 30.0 Å². The lowest BCUT2D eigenvalue weighted by molar-refractivity contribution is 0.261. The largest absolute Gasteiger partial charge is 0.481 e. The molecule has 2 unspecified atom stereocenters. The molecule has 3 rings (SSSR count). The molecule has 0 radical (unpaired) electrons.